The summed E-state index contributed by atoms with van der Waals surface area (Å²) in [7, 11) is 0. The summed E-state index contributed by atoms with van der Waals surface area (Å²) in [5, 5.41) is -0.244. The summed E-state index contributed by atoms with van der Waals surface area (Å²) in [6, 6.07) is 20.9. The average molecular weight is 791 g/mol. The van der Waals surface area contributed by atoms with Crippen LogP contribution in [0.1, 0.15) is 124 Å². The number of aldehydes is 1. The number of hydrogen-bond donors (Lipinski definition) is 1. The van der Waals surface area contributed by atoms with Crippen molar-refractivity contribution in [1.82, 2.24) is 9.13 Å². The number of para-hydroxylation sites is 2. The first-order valence-corrected chi connectivity index (χ1v) is 17.7. The summed E-state index contributed by atoms with van der Waals surface area (Å²) in [5.74, 6) is 4.89. The first-order chi connectivity index (χ1) is 20.9. The molecule has 44 heavy (non-hydrogen) atoms. The Labute approximate surface area is 278 Å². The molecular formula is C38H45AuN2O2S. The van der Waals surface area contributed by atoms with Crippen LogP contribution in [-0.4, -0.2) is 20.5 Å². The number of rotatable bonds is 7. The van der Waals surface area contributed by atoms with Crippen LogP contribution in [0.15, 0.2) is 73.1 Å². The molecule has 0 atom stereocenters. The Morgan fingerprint density at radius 2 is 1.11 bits per heavy atom. The molecule has 4 aromatic rings. The summed E-state index contributed by atoms with van der Waals surface area (Å²) >= 11 is 3.40. The van der Waals surface area contributed by atoms with E-state index in [4.69, 9.17) is 4.79 Å². The van der Waals surface area contributed by atoms with E-state index >= 15 is 0 Å². The van der Waals surface area contributed by atoms with E-state index in [9.17, 15) is 4.79 Å². The number of imidazole rings is 1. The zero-order valence-corrected chi connectivity index (χ0v) is 30.3. The molecule has 3 aromatic carbocycles. The van der Waals surface area contributed by atoms with Gasteiger partial charge in [-0.3, -0.25) is 0 Å². The number of benzene rings is 3. The summed E-state index contributed by atoms with van der Waals surface area (Å²) < 4.78 is 9.59. The van der Waals surface area contributed by atoms with Crippen molar-refractivity contribution >= 4 is 24.0 Å². The molecule has 6 heteroatoms. The van der Waals surface area contributed by atoms with E-state index in [0.717, 1.165) is 11.8 Å². The van der Waals surface area contributed by atoms with Gasteiger partial charge in [-0.25, -0.2) is 0 Å². The number of aromatic nitrogens is 2. The van der Waals surface area contributed by atoms with Crippen molar-refractivity contribution in [2.24, 2.45) is 0 Å². The second kappa shape index (κ2) is 16.3. The minimum Gasteiger partial charge on any atom is -0.304 e. The van der Waals surface area contributed by atoms with Crippen molar-refractivity contribution < 1.29 is 28.9 Å². The molecule has 0 aliphatic carbocycles. The smallest absolute Gasteiger partial charge is 0.116 e. The van der Waals surface area contributed by atoms with Gasteiger partial charge in [0, 0.05) is 0 Å². The number of nitrogens with zero attached hydrogens (tertiary/aromatic N) is 2. The van der Waals surface area contributed by atoms with Gasteiger partial charge in [0.1, 0.15) is 6.29 Å². The molecule has 0 unspecified atom stereocenters. The molecule has 236 valence electrons. The Hall–Kier alpha value is -3.14. The normalized spacial score (nSPS) is 11.0. The third kappa shape index (κ3) is 8.31. The van der Waals surface area contributed by atoms with E-state index in [2.05, 4.69) is 136 Å². The van der Waals surface area contributed by atoms with Crippen LogP contribution in [0.3, 0.4) is 0 Å². The van der Waals surface area contributed by atoms with Crippen molar-refractivity contribution in [3.05, 3.63) is 110 Å². The van der Waals surface area contributed by atoms with E-state index in [1.807, 2.05) is 18.2 Å². The van der Waals surface area contributed by atoms with Gasteiger partial charge < -0.3 is 4.79 Å². The van der Waals surface area contributed by atoms with Crippen molar-refractivity contribution in [3.8, 4) is 21.4 Å². The van der Waals surface area contributed by atoms with Gasteiger partial charge in [-0.1, -0.05) is 0 Å². The molecular weight excluding hydrogens is 745 g/mol. The molecule has 0 radical (unpaired) electrons. The largest absolute Gasteiger partial charge is 0.304 e. The monoisotopic (exact) mass is 790 g/mol. The first-order valence-electron chi connectivity index (χ1n) is 15.1. The van der Waals surface area contributed by atoms with Gasteiger partial charge in [-0.2, -0.15) is 0 Å². The maximum Gasteiger partial charge on any atom is 0.116 e. The molecule has 0 N–H and O–H groups in total. The van der Waals surface area contributed by atoms with Crippen LogP contribution in [0.2, 0.25) is 0 Å². The van der Waals surface area contributed by atoms with Crippen LogP contribution in [0, 0.1) is 13.7 Å². The zero-order chi connectivity index (χ0) is 32.6. The second-order valence-electron chi connectivity index (χ2n) is 11.9. The van der Waals surface area contributed by atoms with Crippen LogP contribution >= 0.6 is 12.6 Å². The number of thiol groups is 1. The van der Waals surface area contributed by atoms with Crippen LogP contribution in [0.25, 0.3) is 11.4 Å². The fourth-order valence-electron chi connectivity index (χ4n) is 5.16. The quantitative estimate of drug-likeness (QED) is 0.0878. The molecule has 0 spiro atoms. The van der Waals surface area contributed by atoms with Gasteiger partial charge in [0.2, 0.25) is 0 Å². The Bertz CT molecular complexity index is 1610. The van der Waals surface area contributed by atoms with Gasteiger partial charge in [-0.05, 0) is 6.92 Å². The molecule has 0 aliphatic heterocycles. The predicted octanol–water partition coefficient (Wildman–Crippen LogP) is 9.66. The van der Waals surface area contributed by atoms with Gasteiger partial charge in [0.05, 0.1) is 0 Å². The topological polar surface area (TPSA) is 44.0 Å². The first kappa shape index (κ1) is 35.3. The van der Waals surface area contributed by atoms with Gasteiger partial charge in [0.25, 0.3) is 0 Å². The molecule has 1 aromatic heterocycles. The number of hydrogen-bond acceptors (Lipinski definition) is 2. The summed E-state index contributed by atoms with van der Waals surface area (Å²) in [5.41, 5.74) is 9.33. The van der Waals surface area contributed by atoms with Crippen molar-refractivity contribution in [3.63, 3.8) is 0 Å². The van der Waals surface area contributed by atoms with Crippen molar-refractivity contribution in [2.75, 3.05) is 0 Å². The predicted molar refractivity (Wildman–Crippen MR) is 183 cm³/mol. The Morgan fingerprint density at radius 1 is 0.727 bits per heavy atom. The fraction of sp³-hybridized carbons (Fsp3) is 0.342. The third-order valence-electron chi connectivity index (χ3n) is 7.29. The molecule has 0 fully saturated rings. The number of carbonyl (C=O) groups is 2. The van der Waals surface area contributed by atoms with Gasteiger partial charge >= 0.3 is 262 Å². The van der Waals surface area contributed by atoms with Crippen LogP contribution in [0.4, 0.5) is 0 Å². The molecule has 0 saturated carbocycles. The molecule has 0 saturated heterocycles. The number of carbonyl (C=O) groups excluding carboxylic acids is 2. The molecule has 1 heterocycles. The molecule has 0 bridgehead atoms. The summed E-state index contributed by atoms with van der Waals surface area (Å²) in [4.78, 5) is 20.6. The summed E-state index contributed by atoms with van der Waals surface area (Å²) in [6.45, 7) is 19.6. The van der Waals surface area contributed by atoms with Crippen LogP contribution in [0.5, 0.6) is 0 Å². The fourth-order valence-corrected chi connectivity index (χ4v) is 7.31. The maximum absolute atomic E-state index is 11.8. The van der Waals surface area contributed by atoms with E-state index in [0.29, 0.717) is 29.2 Å². The average Bonchev–Trinajstić information content (AvgIpc) is 3.39. The summed E-state index contributed by atoms with van der Waals surface area (Å²) in [6.07, 6.45) is 5.23. The van der Waals surface area contributed by atoms with Crippen molar-refractivity contribution in [2.45, 2.75) is 86.0 Å². The van der Waals surface area contributed by atoms with Gasteiger partial charge in [0.15, 0.2) is 0 Å². The van der Waals surface area contributed by atoms with Crippen LogP contribution < -0.4 is 0 Å². The van der Waals surface area contributed by atoms with Gasteiger partial charge in [-0.15, -0.1) is 0 Å². The van der Waals surface area contributed by atoms with E-state index < -0.39 is 19.3 Å². The molecule has 0 amide bonds. The standard InChI is InChI=1S/C27H36N2.C9H5OS.C2H4O.Au/c1-18(2)22-11-9-12-23(19(3)4)26(22)28-15-16-29(17-28)27-24(20(5)6)13-10-14-25(27)21(7)8;1-2-7-4-3-5-8(6-7)9(10)11;1-2-3;/h9-16,18-21H,1-8H3;3-6H,(H,10,11);2H,1H3;. The SMILES string of the molecule is CC(C)c1cccc(C(C)C)c1-n1ccn(-c2c(C(C)C)cccc2C(C)C)[c]1=[Au][C]#Cc1cccc(C(=O)S)c1.CC=O. The van der Waals surface area contributed by atoms with E-state index in [1.54, 1.807) is 6.07 Å². The minimum absolute atomic E-state index is 0.244. The van der Waals surface area contributed by atoms with E-state index in [1.165, 1.54) is 44.2 Å². The van der Waals surface area contributed by atoms with Crippen LogP contribution in [-0.2, 0) is 24.1 Å². The van der Waals surface area contributed by atoms with Crippen molar-refractivity contribution in [1.29, 1.82) is 0 Å². The second-order valence-corrected chi connectivity index (χ2v) is 14.3. The van der Waals surface area contributed by atoms with E-state index in [-0.39, 0.29) is 5.12 Å². The molecule has 4 nitrogen and oxygen atoms in total. The molecule has 4 rings (SSSR count). The third-order valence-corrected chi connectivity index (χ3v) is 9.62. The Morgan fingerprint density at radius 3 is 1.48 bits per heavy atom. The Kier molecular flexibility index (Phi) is 13.1. The maximum atomic E-state index is 11.8. The zero-order valence-electron chi connectivity index (χ0n) is 27.3. The minimum atomic E-state index is -0.602. The Balaban J connectivity index is 0.00000169. The molecule has 0 aliphatic rings.